The van der Waals surface area contributed by atoms with Crippen molar-refractivity contribution in [3.8, 4) is 5.75 Å². The molecule has 0 spiro atoms. The van der Waals surface area contributed by atoms with E-state index in [1.54, 1.807) is 0 Å². The number of nitrogens with two attached hydrogens (primary N) is 1. The lowest BCUT2D eigenvalue weighted by molar-refractivity contribution is 0.212. The molecular weight excluding hydrogens is 370 g/mol. The van der Waals surface area contributed by atoms with Crippen LogP contribution in [0.4, 0.5) is 0 Å². The minimum Gasteiger partial charge on any atom is -0.496 e. The normalized spacial score (nSPS) is 11.7. The molecule has 0 unspecified atom stereocenters. The fourth-order valence-corrected chi connectivity index (χ4v) is 3.53. The zero-order valence-electron chi connectivity index (χ0n) is 17.7. The third-order valence-corrected chi connectivity index (χ3v) is 4.98. The van der Waals surface area contributed by atoms with E-state index >= 15 is 0 Å². The van der Waals surface area contributed by atoms with Crippen molar-refractivity contribution in [2.75, 3.05) is 19.8 Å². The monoisotopic (exact) mass is 401 g/mol. The van der Waals surface area contributed by atoms with Gasteiger partial charge in [-0.3, -0.25) is 0 Å². The average Bonchev–Trinajstić information content (AvgIpc) is 2.80. The molecule has 0 aliphatic carbocycles. The van der Waals surface area contributed by atoms with Crippen LogP contribution in [-0.2, 0) is 17.6 Å². The summed E-state index contributed by atoms with van der Waals surface area (Å²) in [6, 6.07) is 29.2. The number of ether oxygens (including phenoxy) is 2. The summed E-state index contributed by atoms with van der Waals surface area (Å²) in [7, 11) is 0. The smallest absolute Gasteiger partial charge is 0.122 e. The first-order valence-electron chi connectivity index (χ1n) is 10.7. The molecule has 3 nitrogen and oxygen atoms in total. The van der Waals surface area contributed by atoms with Gasteiger partial charge in [-0.05, 0) is 36.1 Å². The third-order valence-electron chi connectivity index (χ3n) is 4.98. The lowest BCUT2D eigenvalue weighted by atomic mass is 9.94. The molecule has 0 amide bonds. The average molecular weight is 402 g/mol. The lowest BCUT2D eigenvalue weighted by Gasteiger charge is -2.19. The Hall–Kier alpha value is -3.04. The molecule has 0 aliphatic heterocycles. The Morgan fingerprint density at radius 3 is 2.20 bits per heavy atom. The molecule has 0 fully saturated rings. The number of hydrogen-bond acceptors (Lipinski definition) is 3. The van der Waals surface area contributed by atoms with Crippen molar-refractivity contribution in [1.82, 2.24) is 0 Å². The third kappa shape index (κ3) is 6.23. The maximum atomic E-state index is 6.22. The molecule has 30 heavy (non-hydrogen) atoms. The highest BCUT2D eigenvalue weighted by Crippen LogP contribution is 2.30. The van der Waals surface area contributed by atoms with Gasteiger partial charge in [0, 0.05) is 25.0 Å². The molecule has 0 saturated heterocycles. The van der Waals surface area contributed by atoms with Gasteiger partial charge in [0.1, 0.15) is 11.5 Å². The molecule has 0 bridgehead atoms. The number of rotatable bonds is 11. The molecule has 0 saturated carbocycles. The van der Waals surface area contributed by atoms with E-state index < -0.39 is 0 Å². The molecular formula is C27H31NO2. The zero-order valence-corrected chi connectivity index (χ0v) is 17.7. The minimum absolute atomic E-state index is 0.492. The minimum atomic E-state index is 0.492. The van der Waals surface area contributed by atoms with E-state index in [4.69, 9.17) is 15.2 Å². The molecule has 3 aromatic rings. The molecule has 0 heterocycles. The van der Waals surface area contributed by atoms with E-state index in [2.05, 4.69) is 60.7 Å². The standard InChI is InChI=1S/C27H31NO2/c1-2-29-26-16-10-9-15-24(26)21-25(23-13-7-4-8-14-23)27(30-20-19-28)18-17-22-11-5-3-6-12-22/h3-16H,2,17-21,28H2,1H3/b27-25-. The summed E-state index contributed by atoms with van der Waals surface area (Å²) in [5.41, 5.74) is 10.6. The molecule has 3 heteroatoms. The first-order valence-corrected chi connectivity index (χ1v) is 10.7. The first kappa shape index (κ1) is 21.7. The Bertz CT molecular complexity index is 920. The van der Waals surface area contributed by atoms with Crippen LogP contribution in [-0.4, -0.2) is 19.8 Å². The van der Waals surface area contributed by atoms with Gasteiger partial charge in [0.25, 0.3) is 0 Å². The highest BCUT2D eigenvalue weighted by molar-refractivity contribution is 5.70. The molecule has 3 aromatic carbocycles. The largest absolute Gasteiger partial charge is 0.496 e. The summed E-state index contributed by atoms with van der Waals surface area (Å²) in [5.74, 6) is 1.93. The highest BCUT2D eigenvalue weighted by atomic mass is 16.5. The van der Waals surface area contributed by atoms with Crippen molar-refractivity contribution in [1.29, 1.82) is 0 Å². The fourth-order valence-electron chi connectivity index (χ4n) is 3.53. The SMILES string of the molecule is CCOc1ccccc1C/C(=C(\CCc1ccccc1)OCCN)c1ccccc1. The maximum Gasteiger partial charge on any atom is 0.122 e. The van der Waals surface area contributed by atoms with Crippen molar-refractivity contribution in [3.63, 3.8) is 0 Å². The molecule has 0 radical (unpaired) electrons. The van der Waals surface area contributed by atoms with Gasteiger partial charge >= 0.3 is 0 Å². The summed E-state index contributed by atoms with van der Waals surface area (Å²) in [5, 5.41) is 0. The summed E-state index contributed by atoms with van der Waals surface area (Å²) in [6.07, 6.45) is 2.49. The molecule has 0 atom stereocenters. The molecule has 2 N–H and O–H groups in total. The number of para-hydroxylation sites is 1. The summed E-state index contributed by atoms with van der Waals surface area (Å²) >= 11 is 0. The number of allylic oxidation sites excluding steroid dienone is 2. The van der Waals surface area contributed by atoms with Crippen LogP contribution in [0.25, 0.3) is 5.57 Å². The van der Waals surface area contributed by atoms with E-state index in [1.807, 2.05) is 31.2 Å². The Morgan fingerprint density at radius 2 is 1.50 bits per heavy atom. The quantitative estimate of drug-likeness (QED) is 0.422. The second-order valence-corrected chi connectivity index (χ2v) is 7.11. The van der Waals surface area contributed by atoms with Crippen molar-refractivity contribution in [3.05, 3.63) is 107 Å². The number of hydrogen-bond donors (Lipinski definition) is 1. The van der Waals surface area contributed by atoms with Crippen LogP contribution in [0.15, 0.2) is 90.7 Å². The Labute approximate surface area is 180 Å². The van der Waals surface area contributed by atoms with E-state index in [0.29, 0.717) is 19.8 Å². The van der Waals surface area contributed by atoms with Crippen molar-refractivity contribution in [2.24, 2.45) is 5.73 Å². The summed E-state index contributed by atoms with van der Waals surface area (Å²) < 4.78 is 12.1. The molecule has 3 rings (SSSR count). The van der Waals surface area contributed by atoms with E-state index in [1.165, 1.54) is 16.7 Å². The fraction of sp³-hybridized carbons (Fsp3) is 0.259. The predicted octanol–water partition coefficient (Wildman–Crippen LogP) is 5.65. The van der Waals surface area contributed by atoms with Crippen LogP contribution in [0, 0.1) is 0 Å². The Kier molecular flexibility index (Phi) is 8.55. The number of aryl methyl sites for hydroxylation is 1. The molecule has 0 aromatic heterocycles. The van der Waals surface area contributed by atoms with Crippen molar-refractivity contribution < 1.29 is 9.47 Å². The maximum absolute atomic E-state index is 6.22. The molecule has 156 valence electrons. The molecule has 0 aliphatic rings. The number of benzene rings is 3. The van der Waals surface area contributed by atoms with Crippen LogP contribution < -0.4 is 10.5 Å². The Morgan fingerprint density at radius 1 is 0.833 bits per heavy atom. The van der Waals surface area contributed by atoms with Crippen molar-refractivity contribution in [2.45, 2.75) is 26.2 Å². The van der Waals surface area contributed by atoms with Crippen LogP contribution >= 0.6 is 0 Å². The zero-order chi connectivity index (χ0) is 21.0. The first-order chi connectivity index (χ1) is 14.8. The van der Waals surface area contributed by atoms with Gasteiger partial charge in [0.05, 0.1) is 13.2 Å². The topological polar surface area (TPSA) is 44.5 Å². The van der Waals surface area contributed by atoms with Crippen LogP contribution in [0.2, 0.25) is 0 Å². The summed E-state index contributed by atoms with van der Waals surface area (Å²) in [6.45, 7) is 3.66. The van der Waals surface area contributed by atoms with Gasteiger partial charge in [-0.1, -0.05) is 78.9 Å². The van der Waals surface area contributed by atoms with Crippen LogP contribution in [0.3, 0.4) is 0 Å². The summed E-state index contributed by atoms with van der Waals surface area (Å²) in [4.78, 5) is 0. The van der Waals surface area contributed by atoms with Gasteiger partial charge in [-0.15, -0.1) is 0 Å². The van der Waals surface area contributed by atoms with E-state index in [0.717, 1.165) is 36.3 Å². The van der Waals surface area contributed by atoms with Gasteiger partial charge < -0.3 is 15.2 Å². The van der Waals surface area contributed by atoms with E-state index in [9.17, 15) is 0 Å². The van der Waals surface area contributed by atoms with Gasteiger partial charge in [-0.25, -0.2) is 0 Å². The van der Waals surface area contributed by atoms with Gasteiger partial charge in [0.15, 0.2) is 0 Å². The van der Waals surface area contributed by atoms with Crippen LogP contribution in [0.1, 0.15) is 30.0 Å². The van der Waals surface area contributed by atoms with Gasteiger partial charge in [0.2, 0.25) is 0 Å². The van der Waals surface area contributed by atoms with Gasteiger partial charge in [-0.2, -0.15) is 0 Å². The Balaban J connectivity index is 1.98. The second kappa shape index (κ2) is 11.8. The highest BCUT2D eigenvalue weighted by Gasteiger charge is 2.15. The predicted molar refractivity (Wildman–Crippen MR) is 124 cm³/mol. The van der Waals surface area contributed by atoms with Crippen molar-refractivity contribution >= 4 is 5.57 Å². The van der Waals surface area contributed by atoms with Crippen LogP contribution in [0.5, 0.6) is 5.75 Å². The lowest BCUT2D eigenvalue weighted by Crippen LogP contribution is -2.11. The van der Waals surface area contributed by atoms with E-state index in [-0.39, 0.29) is 0 Å². The second-order valence-electron chi connectivity index (χ2n) is 7.11.